The Bertz CT molecular complexity index is 1130. The Balaban J connectivity index is 1.31. The minimum absolute atomic E-state index is 0.0775. The summed E-state index contributed by atoms with van der Waals surface area (Å²) in [6.45, 7) is 4.59. The lowest BCUT2D eigenvalue weighted by atomic mass is 9.98. The molecular weight excluding hydrogens is 452 g/mol. The Labute approximate surface area is 201 Å². The van der Waals surface area contributed by atoms with Gasteiger partial charge in [-0.1, -0.05) is 29.8 Å². The van der Waals surface area contributed by atoms with Crippen LogP contribution in [-0.2, 0) is 19.6 Å². The van der Waals surface area contributed by atoms with Crippen LogP contribution in [-0.4, -0.2) is 57.9 Å². The first kappa shape index (κ1) is 24.4. The molecule has 4 rings (SSSR count). The van der Waals surface area contributed by atoms with E-state index in [9.17, 15) is 18.0 Å². The van der Waals surface area contributed by atoms with Crippen LogP contribution < -0.4 is 14.9 Å². The van der Waals surface area contributed by atoms with Crippen molar-refractivity contribution >= 4 is 33.2 Å². The van der Waals surface area contributed by atoms with Crippen molar-refractivity contribution in [1.29, 1.82) is 0 Å². The summed E-state index contributed by atoms with van der Waals surface area (Å²) in [6, 6.07) is 14.2. The second kappa shape index (κ2) is 10.7. The number of para-hydroxylation sites is 2. The maximum absolute atomic E-state index is 12.8. The highest BCUT2D eigenvalue weighted by Crippen LogP contribution is 2.29. The van der Waals surface area contributed by atoms with E-state index < -0.39 is 10.0 Å². The monoisotopic (exact) mass is 484 g/mol. The number of sulfonamides is 1. The number of hydrogen-bond donors (Lipinski definition) is 2. The SMILES string of the molecule is Cc1ccc(S(=O)(=O)NCC2CCCN(CC(=O)Nc3ccccc3N3CCCC3=O)C2)cc1. The van der Waals surface area contributed by atoms with E-state index in [2.05, 4.69) is 14.9 Å². The zero-order valence-corrected chi connectivity index (χ0v) is 20.3. The number of aryl methyl sites for hydroxylation is 1. The molecule has 1 atom stereocenters. The number of amides is 2. The van der Waals surface area contributed by atoms with E-state index >= 15 is 0 Å². The van der Waals surface area contributed by atoms with Gasteiger partial charge in [0.05, 0.1) is 22.8 Å². The van der Waals surface area contributed by atoms with Crippen molar-refractivity contribution in [2.45, 2.75) is 37.5 Å². The van der Waals surface area contributed by atoms with Crippen molar-refractivity contribution in [3.63, 3.8) is 0 Å². The summed E-state index contributed by atoms with van der Waals surface area (Å²) in [5.41, 5.74) is 2.39. The molecule has 8 nitrogen and oxygen atoms in total. The molecule has 0 radical (unpaired) electrons. The van der Waals surface area contributed by atoms with Crippen molar-refractivity contribution in [2.24, 2.45) is 5.92 Å². The number of nitrogens with one attached hydrogen (secondary N) is 2. The van der Waals surface area contributed by atoms with Crippen LogP contribution in [0.1, 0.15) is 31.2 Å². The van der Waals surface area contributed by atoms with Gasteiger partial charge in [-0.3, -0.25) is 14.5 Å². The predicted molar refractivity (Wildman–Crippen MR) is 132 cm³/mol. The normalized spacial score (nSPS) is 19.4. The number of nitrogens with zero attached hydrogens (tertiary/aromatic N) is 2. The molecule has 9 heteroatoms. The average Bonchev–Trinajstić information content (AvgIpc) is 3.24. The largest absolute Gasteiger partial charge is 0.323 e. The molecule has 0 saturated carbocycles. The minimum Gasteiger partial charge on any atom is -0.323 e. The lowest BCUT2D eigenvalue weighted by Gasteiger charge is -2.32. The smallest absolute Gasteiger partial charge is 0.240 e. The Hall–Kier alpha value is -2.75. The molecule has 0 aliphatic carbocycles. The van der Waals surface area contributed by atoms with Gasteiger partial charge < -0.3 is 10.2 Å². The average molecular weight is 485 g/mol. The van der Waals surface area contributed by atoms with Gasteiger partial charge in [0.25, 0.3) is 0 Å². The molecule has 2 aliphatic heterocycles. The molecule has 182 valence electrons. The zero-order chi connectivity index (χ0) is 24.1. The highest BCUT2D eigenvalue weighted by atomic mass is 32.2. The molecule has 2 aromatic carbocycles. The summed E-state index contributed by atoms with van der Waals surface area (Å²) >= 11 is 0. The molecule has 2 fully saturated rings. The highest BCUT2D eigenvalue weighted by molar-refractivity contribution is 7.89. The molecule has 0 aromatic heterocycles. The van der Waals surface area contributed by atoms with Crippen LogP contribution in [0.3, 0.4) is 0 Å². The Kier molecular flexibility index (Phi) is 7.65. The molecule has 2 heterocycles. The molecule has 1 unspecified atom stereocenters. The first-order chi connectivity index (χ1) is 16.3. The fourth-order valence-corrected chi connectivity index (χ4v) is 5.72. The van der Waals surface area contributed by atoms with Crippen LogP contribution in [0.5, 0.6) is 0 Å². The topological polar surface area (TPSA) is 98.8 Å². The van der Waals surface area contributed by atoms with Gasteiger partial charge in [-0.2, -0.15) is 0 Å². The van der Waals surface area contributed by atoms with Crippen LogP contribution in [0.15, 0.2) is 53.4 Å². The second-order valence-corrected chi connectivity index (χ2v) is 10.9. The molecule has 2 saturated heterocycles. The quantitative estimate of drug-likeness (QED) is 0.600. The van der Waals surface area contributed by atoms with E-state index in [-0.39, 0.29) is 29.2 Å². The number of carbonyl (C=O) groups is 2. The van der Waals surface area contributed by atoms with E-state index in [1.807, 2.05) is 31.2 Å². The maximum Gasteiger partial charge on any atom is 0.240 e. The Morgan fingerprint density at radius 1 is 1.06 bits per heavy atom. The third kappa shape index (κ3) is 6.02. The van der Waals surface area contributed by atoms with E-state index in [1.165, 1.54) is 0 Å². The van der Waals surface area contributed by atoms with Crippen LogP contribution in [0.25, 0.3) is 0 Å². The van der Waals surface area contributed by atoms with Crippen molar-refractivity contribution in [3.05, 3.63) is 54.1 Å². The molecule has 2 aromatic rings. The summed E-state index contributed by atoms with van der Waals surface area (Å²) < 4.78 is 27.9. The Morgan fingerprint density at radius 3 is 2.56 bits per heavy atom. The molecule has 0 spiro atoms. The van der Waals surface area contributed by atoms with Gasteiger partial charge in [-0.25, -0.2) is 13.1 Å². The van der Waals surface area contributed by atoms with Crippen LogP contribution in [0.2, 0.25) is 0 Å². The molecule has 2 amide bonds. The standard InChI is InChI=1S/C25H32N4O4S/c1-19-10-12-21(13-11-19)34(32,33)26-16-20-6-4-14-28(17-20)18-24(30)27-22-7-2-3-8-23(22)29-15-5-9-25(29)31/h2-3,7-8,10-13,20,26H,4-6,9,14-18H2,1H3,(H,27,30). The summed E-state index contributed by atoms with van der Waals surface area (Å²) in [5, 5.41) is 2.97. The number of likely N-dealkylation sites (tertiary alicyclic amines) is 1. The van der Waals surface area contributed by atoms with Crippen molar-refractivity contribution in [3.8, 4) is 0 Å². The van der Waals surface area contributed by atoms with Crippen molar-refractivity contribution < 1.29 is 18.0 Å². The maximum atomic E-state index is 12.8. The summed E-state index contributed by atoms with van der Waals surface area (Å²) in [7, 11) is -3.56. The number of anilines is 2. The first-order valence-electron chi connectivity index (χ1n) is 11.8. The van der Waals surface area contributed by atoms with Crippen LogP contribution in [0.4, 0.5) is 11.4 Å². The Morgan fingerprint density at radius 2 is 1.82 bits per heavy atom. The number of benzene rings is 2. The summed E-state index contributed by atoms with van der Waals surface area (Å²) in [6.07, 6.45) is 3.17. The molecule has 0 bridgehead atoms. The van der Waals surface area contributed by atoms with E-state index in [0.717, 1.165) is 37.1 Å². The molecule has 34 heavy (non-hydrogen) atoms. The molecule has 2 aliphatic rings. The summed E-state index contributed by atoms with van der Waals surface area (Å²) in [5.74, 6) is 0.0740. The third-order valence-electron chi connectivity index (χ3n) is 6.41. The number of rotatable bonds is 8. The van der Waals surface area contributed by atoms with Crippen molar-refractivity contribution in [1.82, 2.24) is 9.62 Å². The highest BCUT2D eigenvalue weighted by Gasteiger charge is 2.26. The third-order valence-corrected chi connectivity index (χ3v) is 7.85. The molecule has 2 N–H and O–H groups in total. The fraction of sp³-hybridized carbons (Fsp3) is 0.440. The van der Waals surface area contributed by atoms with Crippen LogP contribution in [0, 0.1) is 12.8 Å². The zero-order valence-electron chi connectivity index (χ0n) is 19.5. The number of carbonyl (C=O) groups excluding carboxylic acids is 2. The van der Waals surface area contributed by atoms with Gasteiger partial charge in [-0.05, 0) is 62.9 Å². The van der Waals surface area contributed by atoms with Gasteiger partial charge in [0.2, 0.25) is 21.8 Å². The van der Waals surface area contributed by atoms with Gasteiger partial charge >= 0.3 is 0 Å². The van der Waals surface area contributed by atoms with E-state index in [4.69, 9.17) is 0 Å². The van der Waals surface area contributed by atoms with Gasteiger partial charge in [0.1, 0.15) is 0 Å². The van der Waals surface area contributed by atoms with Crippen molar-refractivity contribution in [2.75, 3.05) is 42.9 Å². The van der Waals surface area contributed by atoms with Gasteiger partial charge in [-0.15, -0.1) is 0 Å². The van der Waals surface area contributed by atoms with E-state index in [1.54, 1.807) is 29.2 Å². The van der Waals surface area contributed by atoms with Crippen LogP contribution >= 0.6 is 0 Å². The second-order valence-electron chi connectivity index (χ2n) is 9.12. The lowest BCUT2D eigenvalue weighted by molar-refractivity contribution is -0.118. The lowest BCUT2D eigenvalue weighted by Crippen LogP contribution is -2.44. The number of hydrogen-bond acceptors (Lipinski definition) is 5. The fourth-order valence-electron chi connectivity index (χ4n) is 4.60. The summed E-state index contributed by atoms with van der Waals surface area (Å²) in [4.78, 5) is 29.0. The predicted octanol–water partition coefficient (Wildman–Crippen LogP) is 2.75. The van der Waals surface area contributed by atoms with Gasteiger partial charge in [0.15, 0.2) is 0 Å². The minimum atomic E-state index is -3.56. The number of piperidine rings is 1. The van der Waals surface area contributed by atoms with E-state index in [0.29, 0.717) is 31.7 Å². The molecular formula is C25H32N4O4S. The first-order valence-corrected chi connectivity index (χ1v) is 13.3. The van der Waals surface area contributed by atoms with Gasteiger partial charge in [0, 0.05) is 26.1 Å².